The summed E-state index contributed by atoms with van der Waals surface area (Å²) in [6, 6.07) is 11.0. The lowest BCUT2D eigenvalue weighted by atomic mass is 10.2. The van der Waals surface area contributed by atoms with Crippen LogP contribution in [0.15, 0.2) is 47.4 Å². The second-order valence-corrected chi connectivity index (χ2v) is 5.03. The number of carbonyl (C=O) groups excluding carboxylic acids is 1. The van der Waals surface area contributed by atoms with Crippen molar-refractivity contribution >= 4 is 23.7 Å². The van der Waals surface area contributed by atoms with Gasteiger partial charge in [0.05, 0.1) is 4.92 Å². The Morgan fingerprint density at radius 3 is 2.50 bits per heavy atom. The summed E-state index contributed by atoms with van der Waals surface area (Å²) in [6.45, 7) is 0. The molecule has 0 heterocycles. The van der Waals surface area contributed by atoms with E-state index in [-0.39, 0.29) is 11.3 Å². The highest BCUT2D eigenvalue weighted by Gasteiger charge is 2.16. The van der Waals surface area contributed by atoms with E-state index in [1.807, 2.05) is 0 Å². The molecule has 4 nitrogen and oxygen atoms in total. The van der Waals surface area contributed by atoms with E-state index in [1.165, 1.54) is 23.9 Å². The summed E-state index contributed by atoms with van der Waals surface area (Å²) in [5.74, 6) is -0.511. The van der Waals surface area contributed by atoms with E-state index in [9.17, 15) is 19.3 Å². The number of hydrogen-bond acceptors (Lipinski definition) is 4. The van der Waals surface area contributed by atoms with E-state index >= 15 is 0 Å². The normalized spacial score (nSPS) is 10.2. The van der Waals surface area contributed by atoms with E-state index in [1.54, 1.807) is 24.3 Å². The van der Waals surface area contributed by atoms with Crippen LogP contribution < -0.4 is 0 Å². The number of thioether (sulfide) groups is 1. The minimum atomic E-state index is -0.797. The van der Waals surface area contributed by atoms with Gasteiger partial charge in [-0.1, -0.05) is 24.3 Å². The molecule has 2 aromatic rings. The number of nitrogens with zero attached hydrogens (tertiary/aromatic N) is 1. The fraction of sp³-hybridized carbons (Fsp3) is 0.0714. The Balaban J connectivity index is 2.12. The molecule has 6 heteroatoms. The predicted molar refractivity (Wildman–Crippen MR) is 74.4 cm³/mol. The Labute approximate surface area is 118 Å². The molecule has 0 atom stereocenters. The summed E-state index contributed by atoms with van der Waals surface area (Å²) in [4.78, 5) is 21.3. The Hall–Kier alpha value is -2.21. The van der Waals surface area contributed by atoms with Gasteiger partial charge in [0.2, 0.25) is 5.82 Å². The van der Waals surface area contributed by atoms with Crippen molar-refractivity contribution in [3.8, 4) is 0 Å². The molecule has 0 saturated carbocycles. The first-order valence-corrected chi connectivity index (χ1v) is 6.70. The summed E-state index contributed by atoms with van der Waals surface area (Å²) in [5.41, 5.74) is 0.332. The fourth-order valence-electron chi connectivity index (χ4n) is 1.62. The van der Waals surface area contributed by atoms with Crippen LogP contribution in [0.1, 0.15) is 15.9 Å². The van der Waals surface area contributed by atoms with Crippen LogP contribution in [0.25, 0.3) is 0 Å². The third-order valence-electron chi connectivity index (χ3n) is 2.67. The van der Waals surface area contributed by atoms with Gasteiger partial charge >= 0.3 is 5.69 Å². The minimum absolute atomic E-state index is 0.281. The molecule has 102 valence electrons. The molecule has 0 unspecified atom stereocenters. The van der Waals surface area contributed by atoms with E-state index in [2.05, 4.69) is 0 Å². The van der Waals surface area contributed by atoms with Gasteiger partial charge in [0, 0.05) is 27.8 Å². The molecule has 0 aliphatic heterocycles. The largest absolute Gasteiger partial charge is 0.305 e. The zero-order chi connectivity index (χ0) is 14.5. The quantitative estimate of drug-likeness (QED) is 0.363. The molecule has 0 N–H and O–H groups in total. The summed E-state index contributed by atoms with van der Waals surface area (Å²) >= 11 is 1.35. The molecular weight excluding hydrogens is 281 g/mol. The average Bonchev–Trinajstić information content (AvgIpc) is 2.46. The van der Waals surface area contributed by atoms with Crippen LogP contribution in [-0.2, 0) is 5.75 Å². The summed E-state index contributed by atoms with van der Waals surface area (Å²) in [5, 5.41) is 10.6. The fourth-order valence-corrected chi connectivity index (χ4v) is 2.50. The van der Waals surface area contributed by atoms with Gasteiger partial charge in [-0.05, 0) is 12.1 Å². The lowest BCUT2D eigenvalue weighted by Crippen LogP contribution is -1.96. The smallest absolute Gasteiger partial charge is 0.298 e. The van der Waals surface area contributed by atoms with Gasteiger partial charge in [-0.15, -0.1) is 11.8 Å². The van der Waals surface area contributed by atoms with Gasteiger partial charge in [-0.3, -0.25) is 14.9 Å². The zero-order valence-corrected chi connectivity index (χ0v) is 11.1. The number of hydrogen-bond donors (Lipinski definition) is 0. The van der Waals surface area contributed by atoms with E-state index in [0.29, 0.717) is 5.56 Å². The van der Waals surface area contributed by atoms with Crippen molar-refractivity contribution in [1.82, 2.24) is 0 Å². The first kappa shape index (κ1) is 14.2. The predicted octanol–water partition coefficient (Wildman–Crippen LogP) is 3.84. The number of halogens is 1. The highest BCUT2D eigenvalue weighted by molar-refractivity contribution is 7.98. The second kappa shape index (κ2) is 6.29. The first-order valence-electron chi connectivity index (χ1n) is 5.71. The van der Waals surface area contributed by atoms with Crippen LogP contribution in [0.4, 0.5) is 10.1 Å². The molecule has 0 aromatic heterocycles. The highest BCUT2D eigenvalue weighted by atomic mass is 32.2. The lowest BCUT2D eigenvalue weighted by molar-refractivity contribution is -0.387. The van der Waals surface area contributed by atoms with Crippen LogP contribution in [-0.4, -0.2) is 11.2 Å². The molecule has 2 aromatic carbocycles. The Bertz CT molecular complexity index is 643. The minimum Gasteiger partial charge on any atom is -0.298 e. The molecule has 0 aliphatic carbocycles. The van der Waals surface area contributed by atoms with Crippen LogP contribution in [0.2, 0.25) is 0 Å². The number of aldehydes is 1. The number of carbonyl (C=O) groups is 1. The van der Waals surface area contributed by atoms with Crippen molar-refractivity contribution in [2.24, 2.45) is 0 Å². The maximum atomic E-state index is 13.8. The van der Waals surface area contributed by atoms with Crippen LogP contribution in [0, 0.1) is 15.9 Å². The Morgan fingerprint density at radius 2 is 1.90 bits per heavy atom. The molecule has 0 saturated heterocycles. The van der Waals surface area contributed by atoms with Crippen molar-refractivity contribution in [1.29, 1.82) is 0 Å². The third-order valence-corrected chi connectivity index (χ3v) is 3.73. The molecule has 0 radical (unpaired) electrons. The molecule has 0 amide bonds. The van der Waals surface area contributed by atoms with E-state index < -0.39 is 16.4 Å². The number of nitro groups is 1. The molecular formula is C14H10FNO3S. The number of benzene rings is 2. The summed E-state index contributed by atoms with van der Waals surface area (Å²) in [7, 11) is 0. The average molecular weight is 291 g/mol. The molecule has 0 spiro atoms. The van der Waals surface area contributed by atoms with Gasteiger partial charge in [0.25, 0.3) is 0 Å². The van der Waals surface area contributed by atoms with Gasteiger partial charge < -0.3 is 0 Å². The monoisotopic (exact) mass is 291 g/mol. The Morgan fingerprint density at radius 1 is 1.20 bits per heavy atom. The van der Waals surface area contributed by atoms with Crippen LogP contribution in [0.5, 0.6) is 0 Å². The van der Waals surface area contributed by atoms with Crippen molar-refractivity contribution < 1.29 is 14.1 Å². The first-order chi connectivity index (χ1) is 9.61. The van der Waals surface area contributed by atoms with Crippen LogP contribution in [0.3, 0.4) is 0 Å². The topological polar surface area (TPSA) is 60.2 Å². The molecule has 2 rings (SSSR count). The number of nitro benzene ring substituents is 1. The summed E-state index contributed by atoms with van der Waals surface area (Å²) in [6.07, 6.45) is 0.745. The molecule has 20 heavy (non-hydrogen) atoms. The van der Waals surface area contributed by atoms with Crippen molar-refractivity contribution in [2.75, 3.05) is 0 Å². The third kappa shape index (κ3) is 3.21. The van der Waals surface area contributed by atoms with Crippen molar-refractivity contribution in [2.45, 2.75) is 10.6 Å². The standard InChI is InChI=1S/C14H10FNO3S/c15-14-11(2-1-3-13(14)16(18)19)9-20-12-6-4-10(8-17)5-7-12/h1-8H,9H2. The maximum Gasteiger partial charge on any atom is 0.305 e. The molecule has 0 fully saturated rings. The maximum absolute atomic E-state index is 13.8. The zero-order valence-electron chi connectivity index (χ0n) is 10.3. The summed E-state index contributed by atoms with van der Waals surface area (Å²) < 4.78 is 13.8. The van der Waals surface area contributed by atoms with Gasteiger partial charge in [-0.25, -0.2) is 0 Å². The van der Waals surface area contributed by atoms with Gasteiger partial charge in [0.15, 0.2) is 0 Å². The Kier molecular flexibility index (Phi) is 4.47. The highest BCUT2D eigenvalue weighted by Crippen LogP contribution is 2.27. The van der Waals surface area contributed by atoms with Gasteiger partial charge in [0.1, 0.15) is 6.29 Å². The van der Waals surface area contributed by atoms with E-state index in [4.69, 9.17) is 0 Å². The van der Waals surface area contributed by atoms with Crippen LogP contribution >= 0.6 is 11.8 Å². The molecule has 0 bridgehead atoms. The molecule has 0 aliphatic rings. The van der Waals surface area contributed by atoms with Gasteiger partial charge in [-0.2, -0.15) is 4.39 Å². The second-order valence-electron chi connectivity index (χ2n) is 3.98. The van der Waals surface area contributed by atoms with Crippen molar-refractivity contribution in [3.63, 3.8) is 0 Å². The SMILES string of the molecule is O=Cc1ccc(SCc2cccc([N+](=O)[O-])c2F)cc1. The lowest BCUT2D eigenvalue weighted by Gasteiger charge is -2.04. The number of rotatable bonds is 5. The van der Waals surface area contributed by atoms with Crippen molar-refractivity contribution in [3.05, 3.63) is 69.5 Å². The van der Waals surface area contributed by atoms with E-state index in [0.717, 1.165) is 17.2 Å².